The zero-order chi connectivity index (χ0) is 29.8. The SMILES string of the molecule is COc1ccc(/C=C/C(=O)OCC(O)COC(=O)C[P+](c2ccccc2)(c2ccccc2)c2ccccc2)cc1OC.[Br-]. The average molecular weight is 666 g/mol. The second kappa shape index (κ2) is 16.6. The molecule has 7 nitrogen and oxygen atoms in total. The van der Waals surface area contributed by atoms with Gasteiger partial charge in [-0.2, -0.15) is 0 Å². The predicted octanol–water partition coefficient (Wildman–Crippen LogP) is 1.16. The number of carbonyl (C=O) groups is 2. The highest BCUT2D eigenvalue weighted by molar-refractivity contribution is 7.96. The molecule has 1 N–H and O–H groups in total. The van der Waals surface area contributed by atoms with Crippen LogP contribution < -0.4 is 42.4 Å². The first-order chi connectivity index (χ1) is 20.5. The Morgan fingerprint density at radius 1 is 0.721 bits per heavy atom. The van der Waals surface area contributed by atoms with Crippen LogP contribution in [0, 0.1) is 0 Å². The Morgan fingerprint density at radius 3 is 1.70 bits per heavy atom. The Morgan fingerprint density at radius 2 is 1.21 bits per heavy atom. The number of aliphatic hydroxyl groups is 1. The van der Waals surface area contributed by atoms with Crippen LogP contribution in [0.15, 0.2) is 115 Å². The van der Waals surface area contributed by atoms with Crippen molar-refractivity contribution in [3.8, 4) is 11.5 Å². The molecule has 43 heavy (non-hydrogen) atoms. The lowest BCUT2D eigenvalue weighted by Gasteiger charge is -2.26. The number of ether oxygens (including phenoxy) is 4. The van der Waals surface area contributed by atoms with Gasteiger partial charge in [0.05, 0.1) is 14.2 Å². The first-order valence-corrected chi connectivity index (χ1v) is 15.4. The molecule has 1 unspecified atom stereocenters. The average Bonchev–Trinajstić information content (AvgIpc) is 3.05. The lowest BCUT2D eigenvalue weighted by molar-refractivity contribution is -0.147. The van der Waals surface area contributed by atoms with E-state index < -0.39 is 25.3 Å². The van der Waals surface area contributed by atoms with E-state index in [9.17, 15) is 14.7 Å². The number of halogens is 1. The van der Waals surface area contributed by atoms with Gasteiger partial charge in [0.1, 0.15) is 42.5 Å². The van der Waals surface area contributed by atoms with Crippen LogP contribution in [-0.2, 0) is 19.1 Å². The van der Waals surface area contributed by atoms with Crippen molar-refractivity contribution in [2.24, 2.45) is 0 Å². The summed E-state index contributed by atoms with van der Waals surface area (Å²) in [7, 11) is 0.654. The van der Waals surface area contributed by atoms with Crippen molar-refractivity contribution < 1.29 is 50.6 Å². The normalized spacial score (nSPS) is 11.7. The highest BCUT2D eigenvalue weighted by Gasteiger charge is 2.47. The van der Waals surface area contributed by atoms with Crippen molar-refractivity contribution in [3.63, 3.8) is 0 Å². The molecule has 224 valence electrons. The van der Waals surface area contributed by atoms with Crippen LogP contribution >= 0.6 is 7.26 Å². The number of carbonyl (C=O) groups excluding carboxylic acids is 2. The molecule has 0 radical (unpaired) electrons. The molecular formula is C34H34BrO7P. The summed E-state index contributed by atoms with van der Waals surface area (Å²) in [5.41, 5.74) is 0.709. The number of rotatable bonds is 13. The van der Waals surface area contributed by atoms with Gasteiger partial charge in [-0.3, -0.25) is 0 Å². The van der Waals surface area contributed by atoms with E-state index in [1.165, 1.54) is 13.2 Å². The van der Waals surface area contributed by atoms with Gasteiger partial charge in [0.15, 0.2) is 17.7 Å². The predicted molar refractivity (Wildman–Crippen MR) is 167 cm³/mol. The van der Waals surface area contributed by atoms with Gasteiger partial charge in [-0.15, -0.1) is 0 Å². The van der Waals surface area contributed by atoms with E-state index in [2.05, 4.69) is 0 Å². The molecular weight excluding hydrogens is 631 g/mol. The van der Waals surface area contributed by atoms with E-state index in [0.717, 1.165) is 15.9 Å². The summed E-state index contributed by atoms with van der Waals surface area (Å²) in [6, 6.07) is 35.2. The molecule has 0 saturated heterocycles. The van der Waals surface area contributed by atoms with Crippen LogP contribution in [0.5, 0.6) is 11.5 Å². The molecule has 4 rings (SSSR count). The van der Waals surface area contributed by atoms with E-state index >= 15 is 0 Å². The fraction of sp³-hybridized carbons (Fsp3) is 0.176. The maximum Gasteiger partial charge on any atom is 0.345 e. The number of benzene rings is 4. The fourth-order valence-corrected chi connectivity index (χ4v) is 8.56. The Hall–Kier alpha value is -3.97. The molecule has 0 aliphatic rings. The van der Waals surface area contributed by atoms with Gasteiger partial charge in [0, 0.05) is 6.08 Å². The topological polar surface area (TPSA) is 91.3 Å². The molecule has 4 aromatic carbocycles. The standard InChI is InChI=1S/C34H34O7P.BrH/c1-38-31-20-18-26(22-32(31)39-2)19-21-33(36)40-23-27(35)24-41-34(37)25-42(28-12-6-3-7-13-28,29-14-8-4-9-15-29)30-16-10-5-11-17-30;/h3-22,27,35H,23-25H2,1-2H3;1H/q+1;/p-1/b21-19+;. The minimum atomic E-state index is -2.42. The van der Waals surface area contributed by atoms with Gasteiger partial charge in [0.25, 0.3) is 0 Å². The van der Waals surface area contributed by atoms with Crippen molar-refractivity contribution in [3.05, 3.63) is 121 Å². The van der Waals surface area contributed by atoms with Crippen molar-refractivity contribution in [2.45, 2.75) is 6.10 Å². The molecule has 0 aliphatic carbocycles. The molecule has 0 fully saturated rings. The fourth-order valence-electron chi connectivity index (χ4n) is 4.59. The summed E-state index contributed by atoms with van der Waals surface area (Å²) in [5, 5.41) is 13.6. The van der Waals surface area contributed by atoms with E-state index in [4.69, 9.17) is 18.9 Å². The van der Waals surface area contributed by atoms with Gasteiger partial charge < -0.3 is 41.0 Å². The Balaban J connectivity index is 0.00000506. The summed E-state index contributed by atoms with van der Waals surface area (Å²) < 4.78 is 21.2. The van der Waals surface area contributed by atoms with Crippen LogP contribution in [0.2, 0.25) is 0 Å². The van der Waals surface area contributed by atoms with E-state index in [1.807, 2.05) is 91.0 Å². The smallest absolute Gasteiger partial charge is 0.345 e. The highest BCUT2D eigenvalue weighted by atomic mass is 79.9. The largest absolute Gasteiger partial charge is 1.00 e. The molecule has 0 bridgehead atoms. The number of methoxy groups -OCH3 is 2. The second-order valence-electron chi connectivity index (χ2n) is 9.39. The lowest BCUT2D eigenvalue weighted by Crippen LogP contribution is -3.00. The van der Waals surface area contributed by atoms with Crippen molar-refractivity contribution in [2.75, 3.05) is 33.6 Å². The number of aliphatic hydroxyl groups excluding tert-OH is 1. The van der Waals surface area contributed by atoms with Crippen LogP contribution in [0.25, 0.3) is 6.08 Å². The second-order valence-corrected chi connectivity index (χ2v) is 12.9. The summed E-state index contributed by atoms with van der Waals surface area (Å²) in [5.74, 6) is 0.0186. The minimum absolute atomic E-state index is 0. The van der Waals surface area contributed by atoms with E-state index in [1.54, 1.807) is 31.4 Å². The summed E-state index contributed by atoms with van der Waals surface area (Å²) in [6.07, 6.45) is 1.76. The maximum atomic E-state index is 13.3. The molecule has 0 spiro atoms. The zero-order valence-corrected chi connectivity index (χ0v) is 26.4. The zero-order valence-electron chi connectivity index (χ0n) is 24.0. The molecule has 0 heterocycles. The van der Waals surface area contributed by atoms with Gasteiger partial charge in [-0.25, -0.2) is 9.59 Å². The number of esters is 2. The van der Waals surface area contributed by atoms with Crippen LogP contribution in [0.4, 0.5) is 0 Å². The van der Waals surface area contributed by atoms with Gasteiger partial charge in [-0.05, 0) is 60.2 Å². The first-order valence-electron chi connectivity index (χ1n) is 13.4. The Labute approximate surface area is 263 Å². The first kappa shape index (κ1) is 33.5. The molecule has 0 aliphatic heterocycles. The highest BCUT2D eigenvalue weighted by Crippen LogP contribution is 2.55. The quantitative estimate of drug-likeness (QED) is 0.130. The summed E-state index contributed by atoms with van der Waals surface area (Å²) in [6.45, 7) is -0.622. The van der Waals surface area contributed by atoms with Crippen LogP contribution in [0.1, 0.15) is 5.56 Å². The third-order valence-corrected chi connectivity index (χ3v) is 10.9. The molecule has 0 saturated carbocycles. The molecule has 1 atom stereocenters. The number of hydrogen-bond acceptors (Lipinski definition) is 7. The Bertz CT molecular complexity index is 1380. The molecule has 0 aromatic heterocycles. The third kappa shape index (κ3) is 8.77. The minimum Gasteiger partial charge on any atom is -1.00 e. The van der Waals surface area contributed by atoms with Crippen molar-refractivity contribution in [1.82, 2.24) is 0 Å². The maximum absolute atomic E-state index is 13.3. The molecule has 9 heteroatoms. The van der Waals surface area contributed by atoms with E-state index in [0.29, 0.717) is 17.1 Å². The summed E-state index contributed by atoms with van der Waals surface area (Å²) >= 11 is 0. The Kier molecular flexibility index (Phi) is 13.0. The van der Waals surface area contributed by atoms with Crippen molar-refractivity contribution in [1.29, 1.82) is 0 Å². The monoisotopic (exact) mass is 664 g/mol. The third-order valence-electron chi connectivity index (χ3n) is 6.63. The van der Waals surface area contributed by atoms with Crippen LogP contribution in [-0.4, -0.2) is 56.7 Å². The molecule has 0 amide bonds. The van der Waals surface area contributed by atoms with Gasteiger partial charge >= 0.3 is 11.9 Å². The summed E-state index contributed by atoms with van der Waals surface area (Å²) in [4.78, 5) is 25.6. The lowest BCUT2D eigenvalue weighted by atomic mass is 10.2. The van der Waals surface area contributed by atoms with Crippen LogP contribution in [0.3, 0.4) is 0 Å². The molecule has 4 aromatic rings. The van der Waals surface area contributed by atoms with Crippen molar-refractivity contribution >= 4 is 41.2 Å². The van der Waals surface area contributed by atoms with E-state index in [-0.39, 0.29) is 36.4 Å². The van der Waals surface area contributed by atoms with Gasteiger partial charge in [0.2, 0.25) is 0 Å². The van der Waals surface area contributed by atoms with Gasteiger partial charge in [-0.1, -0.05) is 60.7 Å². The number of hydrogen-bond donors (Lipinski definition) is 1.